The molecule has 0 atom stereocenters. The van der Waals surface area contributed by atoms with Crippen LogP contribution in [0.25, 0.3) is 10.9 Å². The van der Waals surface area contributed by atoms with Crippen molar-refractivity contribution in [3.8, 4) is 5.75 Å². The number of hydrogen-bond donors (Lipinski definition) is 0. The molecule has 0 aliphatic carbocycles. The van der Waals surface area contributed by atoms with Crippen molar-refractivity contribution in [3.63, 3.8) is 0 Å². The molecule has 1 aromatic carbocycles. The number of pyridine rings is 1. The van der Waals surface area contributed by atoms with E-state index in [1.165, 1.54) is 19.4 Å². The Labute approximate surface area is 89.7 Å². The lowest BCUT2D eigenvalue weighted by Gasteiger charge is -2.11. The van der Waals surface area contributed by atoms with Crippen LogP contribution in [0.5, 0.6) is 5.75 Å². The molecule has 0 spiro atoms. The predicted molar refractivity (Wildman–Crippen MR) is 53.3 cm³/mol. The number of alkyl halides is 3. The minimum absolute atomic E-state index is 0.0886. The van der Waals surface area contributed by atoms with E-state index in [2.05, 4.69) is 4.98 Å². The van der Waals surface area contributed by atoms with Crippen molar-refractivity contribution in [2.45, 2.75) is 6.18 Å². The van der Waals surface area contributed by atoms with Gasteiger partial charge in [-0.05, 0) is 24.3 Å². The van der Waals surface area contributed by atoms with E-state index in [1.807, 2.05) is 0 Å². The zero-order valence-electron chi connectivity index (χ0n) is 8.38. The standard InChI is InChI=1S/C11H8F3NO/c1-16-9-5-4-8(11(12,13)14)10-7(9)3-2-6-15-10/h2-6H,1H3. The first-order valence-corrected chi connectivity index (χ1v) is 4.53. The van der Waals surface area contributed by atoms with Crippen LogP contribution in [0.3, 0.4) is 0 Å². The Kier molecular flexibility index (Phi) is 2.46. The van der Waals surface area contributed by atoms with E-state index in [4.69, 9.17) is 4.74 Å². The van der Waals surface area contributed by atoms with E-state index in [0.717, 1.165) is 6.07 Å². The quantitative estimate of drug-likeness (QED) is 0.745. The fourth-order valence-corrected chi connectivity index (χ4v) is 1.55. The second-order valence-corrected chi connectivity index (χ2v) is 3.21. The molecule has 0 radical (unpaired) electrons. The largest absolute Gasteiger partial charge is 0.496 e. The summed E-state index contributed by atoms with van der Waals surface area (Å²) in [5, 5.41) is 0.361. The summed E-state index contributed by atoms with van der Waals surface area (Å²) in [6, 6.07) is 5.41. The smallest absolute Gasteiger partial charge is 0.418 e. The van der Waals surface area contributed by atoms with Crippen LogP contribution < -0.4 is 4.74 Å². The van der Waals surface area contributed by atoms with Gasteiger partial charge in [-0.15, -0.1) is 0 Å². The lowest BCUT2D eigenvalue weighted by atomic mass is 10.1. The molecule has 0 N–H and O–H groups in total. The highest BCUT2D eigenvalue weighted by atomic mass is 19.4. The molecule has 84 valence electrons. The molecule has 0 saturated heterocycles. The van der Waals surface area contributed by atoms with Gasteiger partial charge in [-0.1, -0.05) is 0 Å². The van der Waals surface area contributed by atoms with Gasteiger partial charge in [0, 0.05) is 11.6 Å². The minimum Gasteiger partial charge on any atom is -0.496 e. The van der Waals surface area contributed by atoms with Crippen LogP contribution in [-0.2, 0) is 6.18 Å². The molecular weight excluding hydrogens is 219 g/mol. The van der Waals surface area contributed by atoms with Crippen molar-refractivity contribution in [1.29, 1.82) is 0 Å². The van der Waals surface area contributed by atoms with Gasteiger partial charge in [-0.3, -0.25) is 4.98 Å². The van der Waals surface area contributed by atoms with Crippen molar-refractivity contribution < 1.29 is 17.9 Å². The summed E-state index contributed by atoms with van der Waals surface area (Å²) in [6.07, 6.45) is -3.07. The van der Waals surface area contributed by atoms with Gasteiger partial charge in [0.1, 0.15) is 5.75 Å². The lowest BCUT2D eigenvalue weighted by Crippen LogP contribution is -2.06. The molecule has 2 aromatic rings. The summed E-state index contributed by atoms with van der Waals surface area (Å²) in [6.45, 7) is 0. The average Bonchev–Trinajstić information content (AvgIpc) is 2.26. The summed E-state index contributed by atoms with van der Waals surface area (Å²) in [4.78, 5) is 3.76. The minimum atomic E-state index is -4.40. The third-order valence-corrected chi connectivity index (χ3v) is 2.25. The van der Waals surface area contributed by atoms with Gasteiger partial charge in [-0.2, -0.15) is 13.2 Å². The molecule has 0 aliphatic rings. The van der Waals surface area contributed by atoms with E-state index >= 15 is 0 Å². The third-order valence-electron chi connectivity index (χ3n) is 2.25. The van der Waals surface area contributed by atoms with Gasteiger partial charge in [0.05, 0.1) is 18.2 Å². The van der Waals surface area contributed by atoms with Crippen LogP contribution in [0.15, 0.2) is 30.5 Å². The maximum atomic E-state index is 12.7. The molecule has 0 amide bonds. The Morgan fingerprint density at radius 1 is 1.19 bits per heavy atom. The van der Waals surface area contributed by atoms with Crippen LogP contribution >= 0.6 is 0 Å². The SMILES string of the molecule is COc1ccc(C(F)(F)F)c2ncccc12. The summed E-state index contributed by atoms with van der Waals surface area (Å²) in [7, 11) is 1.41. The van der Waals surface area contributed by atoms with E-state index in [9.17, 15) is 13.2 Å². The number of ether oxygens (including phenoxy) is 1. The van der Waals surface area contributed by atoms with Gasteiger partial charge in [0.25, 0.3) is 0 Å². The Balaban J connectivity index is 2.80. The fourth-order valence-electron chi connectivity index (χ4n) is 1.55. The maximum absolute atomic E-state index is 12.7. The van der Waals surface area contributed by atoms with Crippen molar-refractivity contribution in [2.75, 3.05) is 7.11 Å². The molecule has 0 bridgehead atoms. The lowest BCUT2D eigenvalue weighted by molar-refractivity contribution is -0.136. The van der Waals surface area contributed by atoms with Crippen molar-refractivity contribution in [2.24, 2.45) is 0 Å². The maximum Gasteiger partial charge on any atom is 0.418 e. The summed E-state index contributed by atoms with van der Waals surface area (Å²) in [5.41, 5.74) is -0.835. The zero-order chi connectivity index (χ0) is 11.8. The Morgan fingerprint density at radius 3 is 2.56 bits per heavy atom. The average molecular weight is 227 g/mol. The van der Waals surface area contributed by atoms with Gasteiger partial charge >= 0.3 is 6.18 Å². The molecule has 5 heteroatoms. The highest BCUT2D eigenvalue weighted by Crippen LogP contribution is 2.36. The Hall–Kier alpha value is -1.78. The van der Waals surface area contributed by atoms with Crippen LogP contribution in [0.2, 0.25) is 0 Å². The molecule has 1 heterocycles. The van der Waals surface area contributed by atoms with E-state index in [1.54, 1.807) is 12.1 Å². The predicted octanol–water partition coefficient (Wildman–Crippen LogP) is 3.26. The highest BCUT2D eigenvalue weighted by Gasteiger charge is 2.33. The first-order valence-electron chi connectivity index (χ1n) is 4.53. The summed E-state index contributed by atoms with van der Waals surface area (Å²) in [5.74, 6) is 0.385. The van der Waals surface area contributed by atoms with Gasteiger partial charge in [-0.25, -0.2) is 0 Å². The number of rotatable bonds is 1. The molecule has 2 nitrogen and oxygen atoms in total. The molecule has 2 rings (SSSR count). The number of fused-ring (bicyclic) bond motifs is 1. The second kappa shape index (κ2) is 3.66. The number of halogens is 3. The van der Waals surface area contributed by atoms with E-state index in [0.29, 0.717) is 11.1 Å². The van der Waals surface area contributed by atoms with Crippen molar-refractivity contribution in [3.05, 3.63) is 36.0 Å². The number of methoxy groups -OCH3 is 1. The van der Waals surface area contributed by atoms with Crippen LogP contribution in [0, 0.1) is 0 Å². The molecule has 1 aromatic heterocycles. The Bertz CT molecular complexity index is 522. The topological polar surface area (TPSA) is 22.1 Å². The molecular formula is C11H8F3NO. The van der Waals surface area contributed by atoms with E-state index < -0.39 is 11.7 Å². The van der Waals surface area contributed by atoms with Crippen LogP contribution in [0.4, 0.5) is 13.2 Å². The molecule has 0 unspecified atom stereocenters. The second-order valence-electron chi connectivity index (χ2n) is 3.21. The van der Waals surface area contributed by atoms with Crippen LogP contribution in [-0.4, -0.2) is 12.1 Å². The van der Waals surface area contributed by atoms with Gasteiger partial charge in [0.2, 0.25) is 0 Å². The fraction of sp³-hybridized carbons (Fsp3) is 0.182. The molecule has 0 saturated carbocycles. The molecule has 16 heavy (non-hydrogen) atoms. The zero-order valence-corrected chi connectivity index (χ0v) is 8.38. The normalized spacial score (nSPS) is 11.8. The molecule has 0 fully saturated rings. The summed E-state index contributed by atoms with van der Waals surface area (Å²) < 4.78 is 43.0. The molecule has 0 aliphatic heterocycles. The first-order chi connectivity index (χ1) is 7.54. The van der Waals surface area contributed by atoms with Gasteiger partial charge < -0.3 is 4.74 Å². The number of nitrogens with zero attached hydrogens (tertiary/aromatic N) is 1. The monoisotopic (exact) mass is 227 g/mol. The van der Waals surface area contributed by atoms with E-state index in [-0.39, 0.29) is 5.52 Å². The first kappa shape index (κ1) is 10.7. The van der Waals surface area contributed by atoms with Crippen LogP contribution in [0.1, 0.15) is 5.56 Å². The highest BCUT2D eigenvalue weighted by molar-refractivity contribution is 5.88. The number of hydrogen-bond acceptors (Lipinski definition) is 2. The number of benzene rings is 1. The van der Waals surface area contributed by atoms with Gasteiger partial charge in [0.15, 0.2) is 0 Å². The van der Waals surface area contributed by atoms with Crippen molar-refractivity contribution >= 4 is 10.9 Å². The summed E-state index contributed by atoms with van der Waals surface area (Å²) >= 11 is 0. The number of aromatic nitrogens is 1. The third kappa shape index (κ3) is 1.68. The van der Waals surface area contributed by atoms with Crippen molar-refractivity contribution in [1.82, 2.24) is 4.98 Å². The Morgan fingerprint density at radius 2 is 1.94 bits per heavy atom.